The summed E-state index contributed by atoms with van der Waals surface area (Å²) in [7, 11) is 0. The number of nitrogens with one attached hydrogen (secondary N) is 1. The quantitative estimate of drug-likeness (QED) is 0.782. The van der Waals surface area contributed by atoms with Crippen molar-refractivity contribution in [2.75, 3.05) is 13.1 Å². The van der Waals surface area contributed by atoms with Crippen molar-refractivity contribution < 1.29 is 14.7 Å². The van der Waals surface area contributed by atoms with Gasteiger partial charge < -0.3 is 15.3 Å². The maximum absolute atomic E-state index is 12.7. The van der Waals surface area contributed by atoms with Crippen molar-refractivity contribution in [2.45, 2.75) is 65.0 Å². The Labute approximate surface area is 133 Å². The monoisotopic (exact) mass is 310 g/mol. The van der Waals surface area contributed by atoms with E-state index >= 15 is 0 Å². The first-order valence-electron chi connectivity index (χ1n) is 8.65. The molecule has 0 aromatic carbocycles. The second kappa shape index (κ2) is 7.44. The Balaban J connectivity index is 1.94. The van der Waals surface area contributed by atoms with Crippen LogP contribution in [0.1, 0.15) is 52.9 Å². The van der Waals surface area contributed by atoms with Crippen LogP contribution in [0.25, 0.3) is 0 Å². The maximum Gasteiger partial charge on any atom is 0.247 e. The average Bonchev–Trinajstić information content (AvgIpc) is 3.27. The van der Waals surface area contributed by atoms with Crippen LogP contribution in [0.4, 0.5) is 0 Å². The summed E-state index contributed by atoms with van der Waals surface area (Å²) in [4.78, 5) is 26.5. The van der Waals surface area contributed by atoms with Crippen LogP contribution >= 0.6 is 0 Å². The zero-order chi connectivity index (χ0) is 16.3. The number of carbonyl (C=O) groups excluding carboxylic acids is 2. The molecule has 2 rings (SSSR count). The first-order chi connectivity index (χ1) is 10.4. The van der Waals surface area contributed by atoms with Crippen molar-refractivity contribution in [3.05, 3.63) is 0 Å². The third-order valence-electron chi connectivity index (χ3n) is 4.63. The molecular formula is C17H30N2O3. The highest BCUT2D eigenvalue weighted by Gasteiger charge is 2.36. The van der Waals surface area contributed by atoms with Crippen LogP contribution < -0.4 is 5.32 Å². The fourth-order valence-corrected chi connectivity index (χ4v) is 3.33. The topological polar surface area (TPSA) is 69.6 Å². The van der Waals surface area contributed by atoms with Crippen LogP contribution in [0.3, 0.4) is 0 Å². The summed E-state index contributed by atoms with van der Waals surface area (Å²) in [5.41, 5.74) is 0. The number of hydrogen-bond acceptors (Lipinski definition) is 3. The number of aliphatic hydroxyl groups excluding tert-OH is 1. The van der Waals surface area contributed by atoms with E-state index < -0.39 is 12.1 Å². The molecule has 0 aromatic rings. The molecule has 2 aliphatic rings. The Morgan fingerprint density at radius 1 is 1.23 bits per heavy atom. The molecule has 2 N–H and O–H groups in total. The van der Waals surface area contributed by atoms with Gasteiger partial charge in [0.15, 0.2) is 0 Å². The number of carbonyl (C=O) groups is 2. The van der Waals surface area contributed by atoms with E-state index in [-0.39, 0.29) is 17.7 Å². The summed E-state index contributed by atoms with van der Waals surface area (Å²) in [5.74, 6) is 0.991. The van der Waals surface area contributed by atoms with Gasteiger partial charge in [0, 0.05) is 19.0 Å². The zero-order valence-corrected chi connectivity index (χ0v) is 14.0. The minimum absolute atomic E-state index is 0.0455. The van der Waals surface area contributed by atoms with Gasteiger partial charge in [-0.05, 0) is 50.9 Å². The lowest BCUT2D eigenvalue weighted by molar-refractivity contribution is -0.141. The van der Waals surface area contributed by atoms with Gasteiger partial charge in [-0.1, -0.05) is 13.8 Å². The molecule has 1 aliphatic carbocycles. The van der Waals surface area contributed by atoms with Crippen LogP contribution in [-0.2, 0) is 9.59 Å². The van der Waals surface area contributed by atoms with Gasteiger partial charge in [0.05, 0.1) is 6.10 Å². The predicted molar refractivity (Wildman–Crippen MR) is 85.1 cm³/mol. The lowest BCUT2D eigenvalue weighted by atomic mass is 9.89. The molecule has 5 heteroatoms. The van der Waals surface area contributed by atoms with Gasteiger partial charge in [-0.2, -0.15) is 0 Å². The molecule has 3 unspecified atom stereocenters. The van der Waals surface area contributed by atoms with Gasteiger partial charge in [0.2, 0.25) is 11.8 Å². The van der Waals surface area contributed by atoms with E-state index in [0.717, 1.165) is 45.2 Å². The van der Waals surface area contributed by atoms with E-state index in [1.54, 1.807) is 6.92 Å². The van der Waals surface area contributed by atoms with E-state index in [9.17, 15) is 14.7 Å². The van der Waals surface area contributed by atoms with Crippen LogP contribution in [0.2, 0.25) is 0 Å². The lowest BCUT2D eigenvalue weighted by Gasteiger charge is -2.36. The summed E-state index contributed by atoms with van der Waals surface area (Å²) in [5, 5.41) is 12.7. The fraction of sp³-hybridized carbons (Fsp3) is 0.882. The Morgan fingerprint density at radius 3 is 2.45 bits per heavy atom. The molecule has 126 valence electrons. The standard InChI is InChI=1S/C17H30N2O3/c1-11(2)9-13-5-4-8-19(10-13)17(22)15(12(3)20)18-16(21)14-6-7-14/h11-15,20H,4-10H2,1-3H3,(H,18,21). The second-order valence-corrected chi connectivity index (χ2v) is 7.42. The van der Waals surface area contributed by atoms with Crippen molar-refractivity contribution in [1.82, 2.24) is 10.2 Å². The SMILES string of the molecule is CC(C)CC1CCCN(C(=O)C(NC(=O)C2CC2)C(C)O)C1. The van der Waals surface area contributed by atoms with E-state index in [2.05, 4.69) is 19.2 Å². The molecule has 1 saturated heterocycles. The number of nitrogens with zero attached hydrogens (tertiary/aromatic N) is 1. The number of amides is 2. The highest BCUT2D eigenvalue weighted by Crippen LogP contribution is 2.29. The summed E-state index contributed by atoms with van der Waals surface area (Å²) in [6.07, 6.45) is 4.22. The highest BCUT2D eigenvalue weighted by molar-refractivity contribution is 5.89. The number of hydrogen-bond donors (Lipinski definition) is 2. The van der Waals surface area contributed by atoms with E-state index in [4.69, 9.17) is 0 Å². The van der Waals surface area contributed by atoms with Crippen molar-refractivity contribution >= 4 is 11.8 Å². The molecule has 1 saturated carbocycles. The van der Waals surface area contributed by atoms with Gasteiger partial charge in [0.1, 0.15) is 6.04 Å². The first kappa shape index (κ1) is 17.3. The molecule has 0 bridgehead atoms. The van der Waals surface area contributed by atoms with E-state index in [1.807, 2.05) is 4.90 Å². The smallest absolute Gasteiger partial charge is 0.247 e. The predicted octanol–water partition coefficient (Wildman–Crippen LogP) is 1.55. The first-order valence-corrected chi connectivity index (χ1v) is 8.65. The van der Waals surface area contributed by atoms with Gasteiger partial charge in [-0.3, -0.25) is 9.59 Å². The van der Waals surface area contributed by atoms with E-state index in [1.165, 1.54) is 0 Å². The summed E-state index contributed by atoms with van der Waals surface area (Å²) in [6.45, 7) is 7.46. The number of aliphatic hydroxyl groups is 1. The number of rotatable bonds is 6. The van der Waals surface area contributed by atoms with Gasteiger partial charge in [0.25, 0.3) is 0 Å². The molecule has 0 aromatic heterocycles. The number of likely N-dealkylation sites (tertiary alicyclic amines) is 1. The maximum atomic E-state index is 12.7. The molecule has 1 aliphatic heterocycles. The van der Waals surface area contributed by atoms with Crippen LogP contribution in [0, 0.1) is 17.8 Å². The molecule has 2 amide bonds. The zero-order valence-electron chi connectivity index (χ0n) is 14.0. The fourth-order valence-electron chi connectivity index (χ4n) is 3.33. The van der Waals surface area contributed by atoms with Crippen molar-refractivity contribution in [1.29, 1.82) is 0 Å². The minimum Gasteiger partial charge on any atom is -0.391 e. The Bertz CT molecular complexity index is 405. The third kappa shape index (κ3) is 4.70. The minimum atomic E-state index is -0.860. The Kier molecular flexibility index (Phi) is 5.84. The average molecular weight is 310 g/mol. The summed E-state index contributed by atoms with van der Waals surface area (Å²) in [6, 6.07) is -0.800. The summed E-state index contributed by atoms with van der Waals surface area (Å²) < 4.78 is 0. The van der Waals surface area contributed by atoms with Crippen LogP contribution in [-0.4, -0.2) is 47.1 Å². The van der Waals surface area contributed by atoms with Crippen molar-refractivity contribution in [2.24, 2.45) is 17.8 Å². The van der Waals surface area contributed by atoms with Crippen LogP contribution in [0.15, 0.2) is 0 Å². The van der Waals surface area contributed by atoms with Crippen molar-refractivity contribution in [3.8, 4) is 0 Å². The molecule has 0 spiro atoms. The molecular weight excluding hydrogens is 280 g/mol. The second-order valence-electron chi connectivity index (χ2n) is 7.42. The lowest BCUT2D eigenvalue weighted by Crippen LogP contribution is -2.55. The molecule has 5 nitrogen and oxygen atoms in total. The van der Waals surface area contributed by atoms with Crippen molar-refractivity contribution in [3.63, 3.8) is 0 Å². The molecule has 1 heterocycles. The normalized spacial score (nSPS) is 25.0. The number of piperidine rings is 1. The van der Waals surface area contributed by atoms with Gasteiger partial charge in [-0.25, -0.2) is 0 Å². The van der Waals surface area contributed by atoms with Crippen LogP contribution in [0.5, 0.6) is 0 Å². The summed E-state index contributed by atoms with van der Waals surface area (Å²) >= 11 is 0. The Hall–Kier alpha value is -1.10. The molecule has 22 heavy (non-hydrogen) atoms. The van der Waals surface area contributed by atoms with Gasteiger partial charge in [-0.15, -0.1) is 0 Å². The Morgan fingerprint density at radius 2 is 1.91 bits per heavy atom. The molecule has 2 fully saturated rings. The van der Waals surface area contributed by atoms with Gasteiger partial charge >= 0.3 is 0 Å². The molecule has 3 atom stereocenters. The highest BCUT2D eigenvalue weighted by atomic mass is 16.3. The van der Waals surface area contributed by atoms with E-state index in [0.29, 0.717) is 11.8 Å². The molecule has 0 radical (unpaired) electrons. The third-order valence-corrected chi connectivity index (χ3v) is 4.63. The largest absolute Gasteiger partial charge is 0.391 e.